The van der Waals surface area contributed by atoms with E-state index < -0.39 is 0 Å². The molecule has 48 valence electrons. The predicted molar refractivity (Wildman–Crippen MR) is 41.4 cm³/mol. The van der Waals surface area contributed by atoms with E-state index in [2.05, 4.69) is 6.92 Å². The summed E-state index contributed by atoms with van der Waals surface area (Å²) < 4.78 is 0. The smallest absolute Gasteiger partial charge is 0.396 e. The molecule has 0 heterocycles. The summed E-state index contributed by atoms with van der Waals surface area (Å²) in [6.45, 7) is 2.40. The molecule has 0 aromatic rings. The molecule has 0 aliphatic carbocycles. The Labute approximate surface area is 74.4 Å². The van der Waals surface area contributed by atoms with Crippen molar-refractivity contribution in [2.24, 2.45) is 0 Å². The Morgan fingerprint density at radius 2 is 1.75 bits per heavy atom. The van der Waals surface area contributed by atoms with Crippen LogP contribution in [0.3, 0.4) is 0 Å². The van der Waals surface area contributed by atoms with Crippen LogP contribution in [0.15, 0.2) is 0 Å². The standard InChI is InChI=1S/C4H10O.CH3.ClH.Mg/c1-2-3-4-5;;;/h5H,2-4H2,1H3;1H3;1H;/q;-1;;+2. The zero-order chi connectivity index (χ0) is 4.12. The third-order valence-electron chi connectivity index (χ3n) is 0.512. The number of aliphatic hydroxyl groups excluding tert-OH is 1. The third-order valence-corrected chi connectivity index (χ3v) is 0.512. The van der Waals surface area contributed by atoms with Crippen LogP contribution in [0.4, 0.5) is 0 Å². The van der Waals surface area contributed by atoms with Gasteiger partial charge in [-0.05, 0) is 6.42 Å². The molecule has 8 heavy (non-hydrogen) atoms. The van der Waals surface area contributed by atoms with Gasteiger partial charge in [-0.3, -0.25) is 0 Å². The molecule has 0 amide bonds. The fraction of sp³-hybridized carbons (Fsp3) is 0.800. The van der Waals surface area contributed by atoms with E-state index in [9.17, 15) is 0 Å². The largest absolute Gasteiger partial charge is 2.00 e. The minimum atomic E-state index is 0. The first-order valence-electron chi connectivity index (χ1n) is 2.02. The topological polar surface area (TPSA) is 20.2 Å². The molecule has 0 bridgehead atoms. The first kappa shape index (κ1) is 23.0. The summed E-state index contributed by atoms with van der Waals surface area (Å²) in [7, 11) is 0. The van der Waals surface area contributed by atoms with Gasteiger partial charge in [-0.15, -0.1) is 12.4 Å². The molecule has 1 N–H and O–H groups in total. The monoisotopic (exact) mass is 149 g/mol. The summed E-state index contributed by atoms with van der Waals surface area (Å²) in [5.74, 6) is 0. The molecule has 1 nitrogen and oxygen atoms in total. The maximum Gasteiger partial charge on any atom is 2.00 e. The molecule has 0 atom stereocenters. The van der Waals surface area contributed by atoms with Crippen molar-refractivity contribution in [2.45, 2.75) is 19.8 Å². The Morgan fingerprint density at radius 1 is 1.38 bits per heavy atom. The summed E-state index contributed by atoms with van der Waals surface area (Å²) in [6, 6.07) is 0. The van der Waals surface area contributed by atoms with Gasteiger partial charge in [-0.25, -0.2) is 0 Å². The Bertz CT molecular complexity index is 19.9. The number of hydrogen-bond acceptors (Lipinski definition) is 1. The van der Waals surface area contributed by atoms with Crippen LogP contribution in [0.2, 0.25) is 0 Å². The molecular formula is C5H14ClMgO+. The van der Waals surface area contributed by atoms with E-state index in [4.69, 9.17) is 5.11 Å². The molecule has 0 unspecified atom stereocenters. The van der Waals surface area contributed by atoms with E-state index in [1.54, 1.807) is 0 Å². The van der Waals surface area contributed by atoms with Gasteiger partial charge < -0.3 is 12.5 Å². The van der Waals surface area contributed by atoms with Crippen LogP contribution in [-0.4, -0.2) is 34.8 Å². The number of rotatable bonds is 2. The molecule has 0 aliphatic heterocycles. The van der Waals surface area contributed by atoms with Crippen molar-refractivity contribution in [3.8, 4) is 0 Å². The van der Waals surface area contributed by atoms with Gasteiger partial charge in [0.1, 0.15) is 0 Å². The first-order valence-corrected chi connectivity index (χ1v) is 2.02. The second-order valence-corrected chi connectivity index (χ2v) is 1.08. The van der Waals surface area contributed by atoms with Crippen molar-refractivity contribution in [1.82, 2.24) is 0 Å². The average molecular weight is 150 g/mol. The normalized spacial score (nSPS) is 5.25. The van der Waals surface area contributed by atoms with Gasteiger partial charge in [-0.2, -0.15) is 0 Å². The predicted octanol–water partition coefficient (Wildman–Crippen LogP) is 1.27. The minimum absolute atomic E-state index is 0. The molecule has 0 saturated carbocycles. The Morgan fingerprint density at radius 3 is 1.75 bits per heavy atom. The van der Waals surface area contributed by atoms with Crippen molar-refractivity contribution < 1.29 is 5.11 Å². The van der Waals surface area contributed by atoms with Gasteiger partial charge in [0.15, 0.2) is 0 Å². The van der Waals surface area contributed by atoms with E-state index in [-0.39, 0.29) is 42.9 Å². The molecule has 0 aliphatic rings. The molecular weight excluding hydrogens is 136 g/mol. The summed E-state index contributed by atoms with van der Waals surface area (Å²) in [5.41, 5.74) is 0. The van der Waals surface area contributed by atoms with Gasteiger partial charge in [-0.1, -0.05) is 13.3 Å². The quantitative estimate of drug-likeness (QED) is 0.464. The summed E-state index contributed by atoms with van der Waals surface area (Å²) in [4.78, 5) is 0. The van der Waals surface area contributed by atoms with Gasteiger partial charge in [0.05, 0.1) is 0 Å². The van der Waals surface area contributed by atoms with Crippen LogP contribution in [0.1, 0.15) is 19.8 Å². The third kappa shape index (κ3) is 27.9. The van der Waals surface area contributed by atoms with E-state index >= 15 is 0 Å². The Hall–Kier alpha value is 1.02. The van der Waals surface area contributed by atoms with Crippen molar-refractivity contribution in [3.63, 3.8) is 0 Å². The van der Waals surface area contributed by atoms with Gasteiger partial charge in [0.2, 0.25) is 0 Å². The summed E-state index contributed by atoms with van der Waals surface area (Å²) in [6.07, 6.45) is 2.04. The average Bonchev–Trinajstić information content (AvgIpc) is 1.41. The fourth-order valence-corrected chi connectivity index (χ4v) is 0.158. The van der Waals surface area contributed by atoms with Gasteiger partial charge in [0.25, 0.3) is 0 Å². The second-order valence-electron chi connectivity index (χ2n) is 1.08. The maximum atomic E-state index is 8.07. The summed E-state index contributed by atoms with van der Waals surface area (Å²) in [5, 5.41) is 8.07. The molecule has 0 aromatic heterocycles. The molecule has 0 fully saturated rings. The molecule has 0 radical (unpaired) electrons. The van der Waals surface area contributed by atoms with E-state index in [0.29, 0.717) is 6.61 Å². The van der Waals surface area contributed by atoms with Crippen molar-refractivity contribution in [2.75, 3.05) is 6.61 Å². The first-order chi connectivity index (χ1) is 2.41. The van der Waals surface area contributed by atoms with Crippen LogP contribution in [-0.2, 0) is 0 Å². The minimum Gasteiger partial charge on any atom is -0.396 e. The number of aliphatic hydroxyl groups is 1. The maximum absolute atomic E-state index is 8.07. The molecule has 0 aromatic carbocycles. The molecule has 3 heteroatoms. The summed E-state index contributed by atoms with van der Waals surface area (Å²) >= 11 is 0. The zero-order valence-electron chi connectivity index (χ0n) is 5.68. The van der Waals surface area contributed by atoms with Crippen molar-refractivity contribution >= 4 is 35.5 Å². The number of hydrogen-bond donors (Lipinski definition) is 1. The van der Waals surface area contributed by atoms with E-state index in [1.807, 2.05) is 0 Å². The van der Waals surface area contributed by atoms with Gasteiger partial charge in [0, 0.05) is 6.61 Å². The molecule has 0 spiro atoms. The molecule has 0 saturated heterocycles. The second kappa shape index (κ2) is 24.5. The van der Waals surface area contributed by atoms with Gasteiger partial charge >= 0.3 is 23.1 Å². The Balaban J connectivity index is -0.0000000267. The van der Waals surface area contributed by atoms with Crippen LogP contribution in [0.25, 0.3) is 0 Å². The van der Waals surface area contributed by atoms with Crippen molar-refractivity contribution in [1.29, 1.82) is 0 Å². The van der Waals surface area contributed by atoms with Crippen molar-refractivity contribution in [3.05, 3.63) is 7.43 Å². The van der Waals surface area contributed by atoms with E-state index in [0.717, 1.165) is 12.8 Å². The zero-order valence-corrected chi connectivity index (χ0v) is 7.91. The van der Waals surface area contributed by atoms with Crippen LogP contribution < -0.4 is 0 Å². The Kier molecular flexibility index (Phi) is 70.4. The van der Waals surface area contributed by atoms with Crippen LogP contribution >= 0.6 is 12.4 Å². The fourth-order valence-electron chi connectivity index (χ4n) is 0.158. The SMILES string of the molecule is CCCCO.Cl.[CH3-].[Mg+2]. The number of unbranched alkanes of at least 4 members (excludes halogenated alkanes) is 1. The van der Waals surface area contributed by atoms with Crippen LogP contribution in [0.5, 0.6) is 0 Å². The molecule has 0 rings (SSSR count). The van der Waals surface area contributed by atoms with E-state index in [1.165, 1.54) is 0 Å². The van der Waals surface area contributed by atoms with Crippen LogP contribution in [0, 0.1) is 7.43 Å². The number of halogens is 1.